The molecule has 0 saturated heterocycles. The molecular weight excluding hydrogens is 452 g/mol. The molecule has 9 heteroatoms. The number of rotatable bonds is 8. The summed E-state index contributed by atoms with van der Waals surface area (Å²) in [6, 6.07) is 14.7. The summed E-state index contributed by atoms with van der Waals surface area (Å²) < 4.78 is 29.7. The summed E-state index contributed by atoms with van der Waals surface area (Å²) in [5, 5.41) is 0.233. The zero-order valence-electron chi connectivity index (χ0n) is 18.9. The Morgan fingerprint density at radius 3 is 2.53 bits per heavy atom. The number of Topliss-reactive ketones (excluding diaryl/α,β-unsaturated/α-hetero) is 1. The second kappa shape index (κ2) is 9.56. The highest BCUT2D eigenvalue weighted by molar-refractivity contribution is 7.92. The third-order valence-corrected chi connectivity index (χ3v) is 6.98. The van der Waals surface area contributed by atoms with Crippen LogP contribution in [0, 0.1) is 6.92 Å². The predicted molar refractivity (Wildman–Crippen MR) is 130 cm³/mol. The number of carbonyl (C=O) groups is 1. The number of nitrogens with zero attached hydrogens (tertiary/aromatic N) is 3. The molecule has 0 fully saturated rings. The van der Waals surface area contributed by atoms with E-state index in [4.69, 9.17) is 0 Å². The molecule has 0 spiro atoms. The van der Waals surface area contributed by atoms with Crippen LogP contribution in [0.15, 0.2) is 76.7 Å². The Labute approximate surface area is 197 Å². The molecule has 0 aliphatic rings. The number of ketones is 1. The summed E-state index contributed by atoms with van der Waals surface area (Å²) in [6.07, 6.45) is 4.76. The van der Waals surface area contributed by atoms with Gasteiger partial charge >= 0.3 is 0 Å². The van der Waals surface area contributed by atoms with E-state index in [1.807, 2.05) is 12.1 Å². The van der Waals surface area contributed by atoms with Crippen molar-refractivity contribution in [2.75, 3.05) is 4.72 Å². The highest BCUT2D eigenvalue weighted by atomic mass is 32.2. The van der Waals surface area contributed by atoms with Gasteiger partial charge in [0.1, 0.15) is 11.6 Å². The van der Waals surface area contributed by atoms with Crippen molar-refractivity contribution >= 4 is 32.4 Å². The van der Waals surface area contributed by atoms with Gasteiger partial charge in [0.15, 0.2) is 0 Å². The molecule has 4 aromatic rings. The van der Waals surface area contributed by atoms with Crippen LogP contribution in [0.2, 0.25) is 0 Å². The third-order valence-electron chi connectivity index (χ3n) is 5.60. The summed E-state index contributed by atoms with van der Waals surface area (Å²) >= 11 is 0. The van der Waals surface area contributed by atoms with Gasteiger partial charge in [-0.1, -0.05) is 18.2 Å². The highest BCUT2D eigenvalue weighted by Crippen LogP contribution is 2.20. The molecule has 0 aliphatic carbocycles. The zero-order chi connectivity index (χ0) is 24.3. The van der Waals surface area contributed by atoms with Crippen LogP contribution in [-0.2, 0) is 34.7 Å². The molecular formula is C25H24N4O4S. The summed E-state index contributed by atoms with van der Waals surface area (Å²) in [7, 11) is -2.33. The molecule has 2 aromatic heterocycles. The third kappa shape index (κ3) is 5.20. The maximum absolute atomic E-state index is 12.9. The molecule has 0 radical (unpaired) electrons. The molecule has 34 heavy (non-hydrogen) atoms. The first-order valence-corrected chi connectivity index (χ1v) is 12.2. The second-order valence-electron chi connectivity index (χ2n) is 8.08. The molecule has 2 heterocycles. The number of sulfonamides is 1. The Bertz CT molecular complexity index is 1510. The van der Waals surface area contributed by atoms with Crippen LogP contribution in [0.25, 0.3) is 10.9 Å². The van der Waals surface area contributed by atoms with Gasteiger partial charge in [0.25, 0.3) is 15.6 Å². The van der Waals surface area contributed by atoms with Gasteiger partial charge in [-0.3, -0.25) is 23.9 Å². The number of carbonyl (C=O) groups excluding carboxylic acids is 1. The maximum Gasteiger partial charge on any atom is 0.261 e. The van der Waals surface area contributed by atoms with Crippen LogP contribution in [0.5, 0.6) is 0 Å². The molecule has 1 N–H and O–H groups in total. The normalized spacial score (nSPS) is 11.5. The minimum absolute atomic E-state index is 0.0302. The van der Waals surface area contributed by atoms with Crippen LogP contribution in [-0.4, -0.2) is 28.7 Å². The second-order valence-corrected chi connectivity index (χ2v) is 9.76. The Morgan fingerprint density at radius 2 is 1.82 bits per heavy atom. The number of hydrogen-bond acceptors (Lipinski definition) is 6. The van der Waals surface area contributed by atoms with Crippen LogP contribution >= 0.6 is 0 Å². The minimum atomic E-state index is -3.92. The Kier molecular flexibility index (Phi) is 6.56. The molecule has 2 aromatic carbocycles. The lowest BCUT2D eigenvalue weighted by atomic mass is 10.0. The first kappa shape index (κ1) is 23.3. The van der Waals surface area contributed by atoms with Gasteiger partial charge in [-0.05, 0) is 60.9 Å². The maximum atomic E-state index is 12.9. The van der Waals surface area contributed by atoms with Crippen LogP contribution in [0.4, 0.5) is 5.69 Å². The molecule has 0 aliphatic heterocycles. The van der Waals surface area contributed by atoms with E-state index in [2.05, 4.69) is 14.7 Å². The fraction of sp³-hybridized carbons (Fsp3) is 0.200. The lowest BCUT2D eigenvalue weighted by Crippen LogP contribution is -2.21. The lowest BCUT2D eigenvalue weighted by molar-refractivity contribution is -0.118. The van der Waals surface area contributed by atoms with Crippen LogP contribution in [0.1, 0.15) is 23.4 Å². The Hall–Kier alpha value is -3.85. The monoisotopic (exact) mass is 476 g/mol. The summed E-state index contributed by atoms with van der Waals surface area (Å²) in [4.78, 5) is 33.2. The van der Waals surface area contributed by atoms with Crippen molar-refractivity contribution in [1.29, 1.82) is 0 Å². The van der Waals surface area contributed by atoms with Gasteiger partial charge in [0.2, 0.25) is 0 Å². The molecule has 0 bridgehead atoms. The van der Waals surface area contributed by atoms with Gasteiger partial charge in [-0.15, -0.1) is 0 Å². The number of fused-ring (bicyclic) bond motifs is 1. The van der Waals surface area contributed by atoms with E-state index in [-0.39, 0.29) is 28.0 Å². The molecule has 0 saturated carbocycles. The van der Waals surface area contributed by atoms with Gasteiger partial charge in [-0.2, -0.15) is 0 Å². The van der Waals surface area contributed by atoms with Gasteiger partial charge in [-0.25, -0.2) is 13.4 Å². The van der Waals surface area contributed by atoms with Crippen molar-refractivity contribution in [3.05, 3.63) is 94.3 Å². The molecule has 4 rings (SSSR count). The van der Waals surface area contributed by atoms with E-state index in [1.54, 1.807) is 50.6 Å². The number of benzene rings is 2. The quantitative estimate of drug-likeness (QED) is 0.418. The van der Waals surface area contributed by atoms with Gasteiger partial charge < -0.3 is 0 Å². The number of anilines is 1. The number of pyridine rings is 1. The van der Waals surface area contributed by atoms with Gasteiger partial charge in [0, 0.05) is 38.0 Å². The summed E-state index contributed by atoms with van der Waals surface area (Å²) in [5.41, 5.74) is 2.31. The fourth-order valence-electron chi connectivity index (χ4n) is 3.58. The van der Waals surface area contributed by atoms with Crippen molar-refractivity contribution in [2.24, 2.45) is 7.05 Å². The number of aromatic nitrogens is 3. The first-order valence-electron chi connectivity index (χ1n) is 10.7. The van der Waals surface area contributed by atoms with Crippen molar-refractivity contribution in [3.63, 3.8) is 0 Å². The Balaban J connectivity index is 1.44. The largest absolute Gasteiger partial charge is 0.299 e. The number of nitrogens with one attached hydrogen (secondary N) is 1. The van der Waals surface area contributed by atoms with E-state index in [9.17, 15) is 18.0 Å². The Morgan fingerprint density at radius 1 is 1.06 bits per heavy atom. The number of hydrogen-bond donors (Lipinski definition) is 1. The van der Waals surface area contributed by atoms with E-state index in [0.717, 1.165) is 11.1 Å². The van der Waals surface area contributed by atoms with E-state index >= 15 is 0 Å². The van der Waals surface area contributed by atoms with Crippen molar-refractivity contribution in [1.82, 2.24) is 14.5 Å². The van der Waals surface area contributed by atoms with Crippen molar-refractivity contribution < 1.29 is 13.2 Å². The average Bonchev–Trinajstić information content (AvgIpc) is 2.83. The molecule has 8 nitrogen and oxygen atoms in total. The smallest absolute Gasteiger partial charge is 0.261 e. The average molecular weight is 477 g/mol. The van der Waals surface area contributed by atoms with E-state index in [1.165, 1.54) is 22.8 Å². The molecule has 0 amide bonds. The molecule has 174 valence electrons. The zero-order valence-corrected chi connectivity index (χ0v) is 19.7. The predicted octanol–water partition coefficient (Wildman–Crippen LogP) is 3.18. The van der Waals surface area contributed by atoms with Crippen molar-refractivity contribution in [2.45, 2.75) is 31.1 Å². The van der Waals surface area contributed by atoms with Gasteiger partial charge in [0.05, 0.1) is 15.8 Å². The van der Waals surface area contributed by atoms with E-state index in [0.29, 0.717) is 29.9 Å². The number of aryl methyl sites for hydroxylation is 2. The summed E-state index contributed by atoms with van der Waals surface area (Å²) in [5.74, 6) is 0.639. The van der Waals surface area contributed by atoms with Crippen LogP contribution < -0.4 is 10.3 Å². The van der Waals surface area contributed by atoms with E-state index < -0.39 is 10.0 Å². The molecule has 0 unspecified atom stereocenters. The standard InChI is InChI=1S/C25H24N4O4S/c1-17-27-24-12-11-22(15-23(24)25(31)29(17)2)34(32,33)28-20-8-5-18(6-9-20)14-21(30)10-7-19-4-3-13-26-16-19/h3-6,8-9,11-13,15-16,28H,7,10,14H2,1-2H3. The summed E-state index contributed by atoms with van der Waals surface area (Å²) in [6.45, 7) is 1.71. The van der Waals surface area contributed by atoms with Crippen molar-refractivity contribution in [3.8, 4) is 0 Å². The minimum Gasteiger partial charge on any atom is -0.299 e. The lowest BCUT2D eigenvalue weighted by Gasteiger charge is -2.10. The molecule has 0 atom stereocenters. The highest BCUT2D eigenvalue weighted by Gasteiger charge is 2.17. The topological polar surface area (TPSA) is 111 Å². The SMILES string of the molecule is Cc1nc2ccc(S(=O)(=O)Nc3ccc(CC(=O)CCc4cccnc4)cc3)cc2c(=O)n1C. The van der Waals surface area contributed by atoms with Crippen LogP contribution in [0.3, 0.4) is 0 Å². The first-order chi connectivity index (χ1) is 16.2. The fourth-order valence-corrected chi connectivity index (χ4v) is 4.66.